The van der Waals surface area contributed by atoms with Crippen LogP contribution < -0.4 is 14.8 Å². The van der Waals surface area contributed by atoms with Gasteiger partial charge in [-0.05, 0) is 36.2 Å². The van der Waals surface area contributed by atoms with Crippen LogP contribution in [0.15, 0.2) is 30.3 Å². The molecule has 1 unspecified atom stereocenters. The van der Waals surface area contributed by atoms with Crippen LogP contribution in [0, 0.1) is 5.92 Å². The molecule has 0 saturated carbocycles. The van der Waals surface area contributed by atoms with E-state index in [-0.39, 0.29) is 16.7 Å². The summed E-state index contributed by atoms with van der Waals surface area (Å²) in [5, 5.41) is 11.8. The van der Waals surface area contributed by atoms with Crippen molar-refractivity contribution in [1.29, 1.82) is 0 Å². The SMILES string of the molecule is COc1ccc(CC(C)C(=O)NCc2ccc(C(=O)O)s2)cc1OC. The van der Waals surface area contributed by atoms with Gasteiger partial charge in [0.25, 0.3) is 0 Å². The normalized spacial score (nSPS) is 11.6. The Morgan fingerprint density at radius 2 is 1.88 bits per heavy atom. The molecule has 1 atom stereocenters. The Morgan fingerprint density at radius 1 is 1.16 bits per heavy atom. The number of carbonyl (C=O) groups excluding carboxylic acids is 1. The first-order valence-corrected chi connectivity index (χ1v) is 8.56. The quantitative estimate of drug-likeness (QED) is 0.753. The Bertz CT molecular complexity index is 756. The van der Waals surface area contributed by atoms with Gasteiger partial charge in [0, 0.05) is 10.8 Å². The molecule has 134 valence electrons. The molecule has 7 heteroatoms. The lowest BCUT2D eigenvalue weighted by molar-refractivity contribution is -0.124. The summed E-state index contributed by atoms with van der Waals surface area (Å²) in [6.45, 7) is 2.18. The number of nitrogens with one attached hydrogen (secondary N) is 1. The van der Waals surface area contributed by atoms with E-state index >= 15 is 0 Å². The standard InChI is InChI=1S/C18H21NO5S/c1-11(8-12-4-6-14(23-2)15(9-12)24-3)17(20)19-10-13-5-7-16(25-13)18(21)22/h4-7,9,11H,8,10H2,1-3H3,(H,19,20)(H,21,22). The van der Waals surface area contributed by atoms with Crippen molar-refractivity contribution >= 4 is 23.2 Å². The fraction of sp³-hybridized carbons (Fsp3) is 0.333. The second kappa shape index (κ2) is 8.53. The van der Waals surface area contributed by atoms with Gasteiger partial charge in [-0.3, -0.25) is 4.79 Å². The van der Waals surface area contributed by atoms with Crippen LogP contribution in [0.1, 0.15) is 27.0 Å². The zero-order chi connectivity index (χ0) is 18.4. The molecule has 2 aromatic rings. The first-order chi connectivity index (χ1) is 11.9. The molecule has 2 rings (SSSR count). The van der Waals surface area contributed by atoms with Crippen molar-refractivity contribution in [3.8, 4) is 11.5 Å². The van der Waals surface area contributed by atoms with E-state index in [4.69, 9.17) is 14.6 Å². The van der Waals surface area contributed by atoms with Crippen LogP contribution in [-0.2, 0) is 17.8 Å². The zero-order valence-electron chi connectivity index (χ0n) is 14.4. The molecule has 0 saturated heterocycles. The van der Waals surface area contributed by atoms with E-state index in [2.05, 4.69) is 5.32 Å². The molecule has 1 aromatic heterocycles. The summed E-state index contributed by atoms with van der Waals surface area (Å²) in [4.78, 5) is 24.2. The van der Waals surface area contributed by atoms with Crippen molar-refractivity contribution in [3.63, 3.8) is 0 Å². The lowest BCUT2D eigenvalue weighted by atomic mass is 10.00. The van der Waals surface area contributed by atoms with Gasteiger partial charge >= 0.3 is 5.97 Å². The fourth-order valence-electron chi connectivity index (χ4n) is 2.39. The summed E-state index contributed by atoms with van der Waals surface area (Å²) >= 11 is 1.16. The van der Waals surface area contributed by atoms with E-state index in [1.807, 2.05) is 25.1 Å². The van der Waals surface area contributed by atoms with Gasteiger partial charge in [-0.15, -0.1) is 11.3 Å². The molecular weight excluding hydrogens is 342 g/mol. The van der Waals surface area contributed by atoms with Crippen molar-refractivity contribution < 1.29 is 24.2 Å². The predicted octanol–water partition coefficient (Wildman–Crippen LogP) is 2.96. The Balaban J connectivity index is 1.92. The number of benzene rings is 1. The summed E-state index contributed by atoms with van der Waals surface area (Å²) < 4.78 is 10.5. The number of carboxylic acid groups (broad SMARTS) is 1. The number of carbonyl (C=O) groups is 2. The van der Waals surface area contributed by atoms with Gasteiger partial charge in [0.15, 0.2) is 11.5 Å². The molecule has 0 aliphatic carbocycles. The summed E-state index contributed by atoms with van der Waals surface area (Å²) in [5.41, 5.74) is 0.976. The van der Waals surface area contributed by atoms with Crippen molar-refractivity contribution in [1.82, 2.24) is 5.32 Å². The highest BCUT2D eigenvalue weighted by Gasteiger charge is 2.15. The van der Waals surface area contributed by atoms with Gasteiger partial charge in [-0.2, -0.15) is 0 Å². The molecule has 0 radical (unpaired) electrons. The molecule has 1 heterocycles. The molecule has 0 spiro atoms. The van der Waals surface area contributed by atoms with E-state index in [0.717, 1.165) is 21.8 Å². The molecule has 0 aliphatic rings. The molecule has 1 amide bonds. The number of aromatic carboxylic acids is 1. The Morgan fingerprint density at radius 3 is 2.48 bits per heavy atom. The summed E-state index contributed by atoms with van der Waals surface area (Å²) in [6.07, 6.45) is 0.566. The maximum atomic E-state index is 12.3. The third-order valence-electron chi connectivity index (χ3n) is 3.75. The summed E-state index contributed by atoms with van der Waals surface area (Å²) in [6, 6.07) is 8.84. The largest absolute Gasteiger partial charge is 0.493 e. The van der Waals surface area contributed by atoms with Crippen LogP contribution in [0.25, 0.3) is 0 Å². The molecule has 0 fully saturated rings. The highest BCUT2D eigenvalue weighted by atomic mass is 32.1. The molecule has 1 aromatic carbocycles. The highest BCUT2D eigenvalue weighted by molar-refractivity contribution is 7.13. The minimum atomic E-state index is -0.954. The Kier molecular flexibility index (Phi) is 6.41. The van der Waals surface area contributed by atoms with Crippen molar-refractivity contribution in [2.45, 2.75) is 19.9 Å². The monoisotopic (exact) mass is 363 g/mol. The Hall–Kier alpha value is -2.54. The van der Waals surface area contributed by atoms with Gasteiger partial charge in [0.05, 0.1) is 20.8 Å². The number of carboxylic acids is 1. The Labute approximate surface area is 150 Å². The molecule has 25 heavy (non-hydrogen) atoms. The van der Waals surface area contributed by atoms with E-state index in [1.54, 1.807) is 26.4 Å². The van der Waals surface area contributed by atoms with Crippen LogP contribution in [0.3, 0.4) is 0 Å². The van der Waals surface area contributed by atoms with Crippen LogP contribution in [0.4, 0.5) is 0 Å². The number of rotatable bonds is 8. The lowest BCUT2D eigenvalue weighted by Crippen LogP contribution is -2.29. The van der Waals surface area contributed by atoms with Crippen LogP contribution in [0.5, 0.6) is 11.5 Å². The van der Waals surface area contributed by atoms with Crippen LogP contribution in [0.2, 0.25) is 0 Å². The average Bonchev–Trinajstić information content (AvgIpc) is 3.08. The number of ether oxygens (including phenoxy) is 2. The maximum Gasteiger partial charge on any atom is 0.345 e. The topological polar surface area (TPSA) is 84.9 Å². The lowest BCUT2D eigenvalue weighted by Gasteiger charge is -2.14. The van der Waals surface area contributed by atoms with E-state index < -0.39 is 5.97 Å². The predicted molar refractivity (Wildman–Crippen MR) is 95.5 cm³/mol. The number of methoxy groups -OCH3 is 2. The van der Waals surface area contributed by atoms with E-state index in [1.165, 1.54) is 0 Å². The van der Waals surface area contributed by atoms with Crippen molar-refractivity contribution in [2.24, 2.45) is 5.92 Å². The van der Waals surface area contributed by atoms with Crippen molar-refractivity contribution in [2.75, 3.05) is 14.2 Å². The van der Waals surface area contributed by atoms with Gasteiger partial charge in [-0.25, -0.2) is 4.79 Å². The minimum absolute atomic E-state index is 0.0833. The number of hydrogen-bond acceptors (Lipinski definition) is 5. The first kappa shape index (κ1) is 18.8. The highest BCUT2D eigenvalue weighted by Crippen LogP contribution is 2.28. The van der Waals surface area contributed by atoms with Gasteiger partial charge in [0.1, 0.15) is 4.88 Å². The fourth-order valence-corrected chi connectivity index (χ4v) is 3.18. The van der Waals surface area contributed by atoms with Crippen molar-refractivity contribution in [3.05, 3.63) is 45.6 Å². The van der Waals surface area contributed by atoms with E-state index in [0.29, 0.717) is 24.5 Å². The molecule has 6 nitrogen and oxygen atoms in total. The molecule has 0 aliphatic heterocycles. The summed E-state index contributed by atoms with van der Waals surface area (Å²) in [5.74, 6) is 0.0177. The second-order valence-corrected chi connectivity index (χ2v) is 6.75. The number of hydrogen-bond donors (Lipinski definition) is 2. The van der Waals surface area contributed by atoms with E-state index in [9.17, 15) is 9.59 Å². The maximum absolute atomic E-state index is 12.3. The van der Waals surface area contributed by atoms with Gasteiger partial charge in [-0.1, -0.05) is 13.0 Å². The molecule has 2 N–H and O–H groups in total. The summed E-state index contributed by atoms with van der Waals surface area (Å²) in [7, 11) is 3.15. The average molecular weight is 363 g/mol. The number of amides is 1. The van der Waals surface area contributed by atoms with Crippen LogP contribution in [-0.4, -0.2) is 31.2 Å². The van der Waals surface area contributed by atoms with Gasteiger partial charge in [0.2, 0.25) is 5.91 Å². The molecule has 0 bridgehead atoms. The third-order valence-corrected chi connectivity index (χ3v) is 4.82. The second-order valence-electron chi connectivity index (χ2n) is 5.58. The van der Waals surface area contributed by atoms with Gasteiger partial charge < -0.3 is 19.9 Å². The van der Waals surface area contributed by atoms with Crippen LogP contribution >= 0.6 is 11.3 Å². The third kappa shape index (κ3) is 4.96. The molecular formula is C18H21NO5S. The number of thiophene rings is 1. The zero-order valence-corrected chi connectivity index (χ0v) is 15.2. The minimum Gasteiger partial charge on any atom is -0.493 e. The smallest absolute Gasteiger partial charge is 0.345 e. The first-order valence-electron chi connectivity index (χ1n) is 7.75.